The highest BCUT2D eigenvalue weighted by molar-refractivity contribution is 6.00. The molecule has 0 unspecified atom stereocenters. The Kier molecular flexibility index (Phi) is 7.19. The molecule has 0 saturated heterocycles. The molecule has 1 fully saturated rings. The largest absolute Gasteiger partial charge is 0.465 e. The van der Waals surface area contributed by atoms with Crippen molar-refractivity contribution < 1.29 is 28.6 Å². The van der Waals surface area contributed by atoms with Crippen molar-refractivity contribution in [3.05, 3.63) is 47.8 Å². The fourth-order valence-corrected chi connectivity index (χ4v) is 4.12. The Bertz CT molecular complexity index is 1400. The molecule has 0 aromatic carbocycles. The maximum atomic E-state index is 14.2. The molecule has 11 nitrogen and oxygen atoms in total. The number of halogens is 2. The second kappa shape index (κ2) is 10.2. The van der Waals surface area contributed by atoms with Crippen LogP contribution in [0.5, 0.6) is 0 Å². The van der Waals surface area contributed by atoms with E-state index in [2.05, 4.69) is 26.0 Å². The maximum Gasteiger partial charge on any atom is 0.404 e. The molecule has 5 N–H and O–H groups in total. The second-order valence-corrected chi connectivity index (χ2v) is 9.84. The first kappa shape index (κ1) is 26.7. The van der Waals surface area contributed by atoms with Gasteiger partial charge in [-0.1, -0.05) is 0 Å². The average molecular weight is 528 g/mol. The van der Waals surface area contributed by atoms with Gasteiger partial charge in [0.2, 0.25) is 0 Å². The van der Waals surface area contributed by atoms with E-state index in [1.54, 1.807) is 28.8 Å². The molecule has 1 aliphatic rings. The van der Waals surface area contributed by atoms with Crippen LogP contribution in [0.1, 0.15) is 42.6 Å². The fourth-order valence-electron chi connectivity index (χ4n) is 4.12. The summed E-state index contributed by atoms with van der Waals surface area (Å²) >= 11 is 0. The summed E-state index contributed by atoms with van der Waals surface area (Å²) in [5.74, 6) is -4.24. The molecule has 4 rings (SSSR count). The van der Waals surface area contributed by atoms with E-state index in [1.807, 2.05) is 6.07 Å². The third-order valence-corrected chi connectivity index (χ3v) is 6.54. The molecule has 3 heterocycles. The third kappa shape index (κ3) is 5.65. The van der Waals surface area contributed by atoms with Gasteiger partial charge in [0.05, 0.1) is 46.5 Å². The Labute approximate surface area is 216 Å². The number of hydrogen-bond donors (Lipinski definition) is 5. The normalized spacial score (nSPS) is 17.4. The van der Waals surface area contributed by atoms with E-state index >= 15 is 0 Å². The van der Waals surface area contributed by atoms with E-state index in [1.165, 1.54) is 12.4 Å². The molecular formula is C25H27F2N7O4. The van der Waals surface area contributed by atoms with E-state index in [-0.39, 0.29) is 17.5 Å². The quantitative estimate of drug-likeness (QED) is 0.283. The lowest BCUT2D eigenvalue weighted by molar-refractivity contribution is -0.156. The highest BCUT2D eigenvalue weighted by Crippen LogP contribution is 2.33. The molecule has 38 heavy (non-hydrogen) atoms. The van der Waals surface area contributed by atoms with Crippen LogP contribution in [0.25, 0.3) is 16.9 Å². The number of aliphatic hydroxyl groups is 1. The molecular weight excluding hydrogens is 500 g/mol. The number of fused-ring (bicyclic) bond motifs is 1. The number of aromatic nitrogens is 3. The van der Waals surface area contributed by atoms with Gasteiger partial charge >= 0.3 is 6.09 Å². The molecule has 13 heteroatoms. The zero-order chi connectivity index (χ0) is 27.7. The predicted molar refractivity (Wildman–Crippen MR) is 133 cm³/mol. The van der Waals surface area contributed by atoms with Crippen molar-refractivity contribution in [1.82, 2.24) is 25.2 Å². The van der Waals surface area contributed by atoms with Crippen molar-refractivity contribution in [1.29, 1.82) is 5.26 Å². The third-order valence-electron chi connectivity index (χ3n) is 6.54. The molecule has 0 radical (unpaired) electrons. The van der Waals surface area contributed by atoms with Crippen LogP contribution < -0.4 is 16.0 Å². The Hall–Kier alpha value is -4.31. The molecule has 1 aliphatic carbocycles. The summed E-state index contributed by atoms with van der Waals surface area (Å²) in [5.41, 5.74) is 0.160. The van der Waals surface area contributed by atoms with Gasteiger partial charge in [0.25, 0.3) is 11.8 Å². The summed E-state index contributed by atoms with van der Waals surface area (Å²) < 4.78 is 30.1. The molecule has 0 atom stereocenters. The van der Waals surface area contributed by atoms with Crippen LogP contribution in [-0.2, 0) is 0 Å². The fraction of sp³-hybridized carbons (Fsp3) is 0.400. The first-order valence-corrected chi connectivity index (χ1v) is 11.9. The molecule has 3 aromatic rings. The van der Waals surface area contributed by atoms with Crippen LogP contribution in [0, 0.1) is 17.2 Å². The predicted octanol–water partition coefficient (Wildman–Crippen LogP) is 2.86. The number of nitrogens with one attached hydrogen (secondary N) is 3. The van der Waals surface area contributed by atoms with Crippen LogP contribution >= 0.6 is 0 Å². The number of carbonyl (C=O) groups excluding carboxylic acids is 1. The molecule has 0 spiro atoms. The number of pyridine rings is 1. The number of hydrogen-bond acceptors (Lipinski definition) is 7. The molecule has 2 amide bonds. The maximum absolute atomic E-state index is 14.2. The van der Waals surface area contributed by atoms with Crippen LogP contribution in [0.2, 0.25) is 0 Å². The van der Waals surface area contributed by atoms with Gasteiger partial charge in [-0.2, -0.15) is 10.4 Å². The van der Waals surface area contributed by atoms with Crippen molar-refractivity contribution >= 4 is 23.2 Å². The number of nitriles is 1. The Morgan fingerprint density at radius 3 is 2.61 bits per heavy atom. The highest BCUT2D eigenvalue weighted by Gasteiger charge is 2.45. The number of nitrogens with zero attached hydrogens (tertiary/aromatic N) is 4. The standard InChI is InChI=1S/C25H27F2N7O4/c1-24(2,38)25(26,27)13-31-22(35)18-12-29-20(21-4-3-17-7-15(9-28)11-32-34(17)21)8-19(18)33-16-5-14(6-16)10-30-23(36)37/h3-4,7-8,11-12,14,16,30,38H,5-6,10,13H2,1-2H3,(H,29,33)(H,31,35)(H,36,37)/t14-,16-. The molecule has 0 bridgehead atoms. The number of rotatable bonds is 9. The van der Waals surface area contributed by atoms with Crippen molar-refractivity contribution in [2.24, 2.45) is 5.92 Å². The van der Waals surface area contributed by atoms with Gasteiger partial charge in [-0.25, -0.2) is 18.1 Å². The van der Waals surface area contributed by atoms with Crippen molar-refractivity contribution in [2.75, 3.05) is 18.4 Å². The van der Waals surface area contributed by atoms with E-state index < -0.39 is 30.1 Å². The second-order valence-electron chi connectivity index (χ2n) is 9.84. The van der Waals surface area contributed by atoms with E-state index in [9.17, 15) is 23.5 Å². The zero-order valence-corrected chi connectivity index (χ0v) is 20.7. The van der Waals surface area contributed by atoms with Gasteiger partial charge in [0.1, 0.15) is 11.7 Å². The van der Waals surface area contributed by atoms with E-state index in [0.717, 1.165) is 13.8 Å². The summed E-state index contributed by atoms with van der Waals surface area (Å²) in [5, 5.41) is 39.7. The first-order chi connectivity index (χ1) is 17.9. The van der Waals surface area contributed by atoms with Gasteiger partial charge in [-0.05, 0) is 56.9 Å². The molecule has 3 aromatic heterocycles. The van der Waals surface area contributed by atoms with Gasteiger partial charge < -0.3 is 26.2 Å². The average Bonchev–Trinajstić information content (AvgIpc) is 3.26. The van der Waals surface area contributed by atoms with E-state index in [0.29, 0.717) is 47.5 Å². The lowest BCUT2D eigenvalue weighted by Crippen LogP contribution is -2.50. The Morgan fingerprint density at radius 1 is 1.21 bits per heavy atom. The van der Waals surface area contributed by atoms with Gasteiger partial charge in [0, 0.05) is 18.8 Å². The zero-order valence-electron chi connectivity index (χ0n) is 20.7. The first-order valence-electron chi connectivity index (χ1n) is 11.9. The number of alkyl halides is 2. The number of anilines is 1. The summed E-state index contributed by atoms with van der Waals surface area (Å²) in [7, 11) is 0. The summed E-state index contributed by atoms with van der Waals surface area (Å²) in [4.78, 5) is 28.0. The van der Waals surface area contributed by atoms with E-state index in [4.69, 9.17) is 10.4 Å². The van der Waals surface area contributed by atoms with Gasteiger partial charge in [-0.15, -0.1) is 0 Å². The molecule has 1 saturated carbocycles. The summed E-state index contributed by atoms with van der Waals surface area (Å²) in [6.45, 7) is 1.16. The monoisotopic (exact) mass is 527 g/mol. The van der Waals surface area contributed by atoms with Gasteiger partial charge in [0.15, 0.2) is 0 Å². The van der Waals surface area contributed by atoms with Crippen molar-refractivity contribution in [3.63, 3.8) is 0 Å². The topological polar surface area (TPSA) is 165 Å². The number of amides is 2. The minimum absolute atomic E-state index is 0.0352. The van der Waals surface area contributed by atoms with Crippen molar-refractivity contribution in [2.45, 2.75) is 44.3 Å². The lowest BCUT2D eigenvalue weighted by atomic mass is 9.80. The molecule has 0 aliphatic heterocycles. The van der Waals surface area contributed by atoms with Crippen LogP contribution in [0.3, 0.4) is 0 Å². The van der Waals surface area contributed by atoms with Crippen LogP contribution in [0.4, 0.5) is 19.3 Å². The SMILES string of the molecule is CC(C)(O)C(F)(F)CNC(=O)c1cnc(-c2ccc3cc(C#N)cnn23)cc1N[C@H]1C[C@H](CNC(=O)O)C1. The van der Waals surface area contributed by atoms with Crippen molar-refractivity contribution in [3.8, 4) is 17.5 Å². The lowest BCUT2D eigenvalue weighted by Gasteiger charge is -2.36. The molecule has 200 valence electrons. The van der Waals surface area contributed by atoms with Gasteiger partial charge in [-0.3, -0.25) is 9.78 Å². The number of carboxylic acid groups (broad SMARTS) is 1. The summed E-state index contributed by atoms with van der Waals surface area (Å²) in [6, 6.07) is 8.77. The van der Waals surface area contributed by atoms with Crippen LogP contribution in [-0.4, -0.2) is 67.5 Å². The van der Waals surface area contributed by atoms with Crippen LogP contribution in [0.15, 0.2) is 36.7 Å². The Balaban J connectivity index is 1.60. The smallest absolute Gasteiger partial charge is 0.404 e. The minimum Gasteiger partial charge on any atom is -0.465 e. The summed E-state index contributed by atoms with van der Waals surface area (Å²) in [6.07, 6.45) is 2.88. The minimum atomic E-state index is -3.57. The highest BCUT2D eigenvalue weighted by atomic mass is 19.3. The Morgan fingerprint density at radius 2 is 1.95 bits per heavy atom. The number of carbonyl (C=O) groups is 2.